The molecule has 23 heavy (non-hydrogen) atoms. The molecule has 0 spiro atoms. The second-order valence-corrected chi connectivity index (χ2v) is 6.47. The van der Waals surface area contributed by atoms with Crippen molar-refractivity contribution in [1.82, 2.24) is 15.0 Å². The molecular formula is C19H11N3S. The first-order valence-corrected chi connectivity index (χ1v) is 8.20. The Morgan fingerprint density at radius 3 is 2.52 bits per heavy atom. The number of benzene rings is 2. The molecule has 3 heterocycles. The third-order valence-electron chi connectivity index (χ3n) is 4.00. The summed E-state index contributed by atoms with van der Waals surface area (Å²) in [5, 5.41) is 3.40. The number of thiophene rings is 1. The molecule has 0 saturated carbocycles. The van der Waals surface area contributed by atoms with E-state index < -0.39 is 0 Å². The largest absolute Gasteiger partial charge is 0.252 e. The molecule has 5 rings (SSSR count). The van der Waals surface area contributed by atoms with E-state index in [0.717, 1.165) is 26.7 Å². The van der Waals surface area contributed by atoms with Gasteiger partial charge in [-0.05, 0) is 17.5 Å². The molecule has 5 aromatic rings. The lowest BCUT2D eigenvalue weighted by atomic mass is 10.1. The smallest absolute Gasteiger partial charge is 0.179 e. The van der Waals surface area contributed by atoms with Crippen LogP contribution in [0.4, 0.5) is 0 Å². The summed E-state index contributed by atoms with van der Waals surface area (Å²) in [5.74, 6) is 0.679. The Hall–Kier alpha value is -2.85. The maximum absolute atomic E-state index is 4.82. The van der Waals surface area contributed by atoms with Crippen LogP contribution >= 0.6 is 11.3 Å². The zero-order valence-electron chi connectivity index (χ0n) is 12.1. The van der Waals surface area contributed by atoms with E-state index in [-0.39, 0.29) is 0 Å². The van der Waals surface area contributed by atoms with Gasteiger partial charge < -0.3 is 0 Å². The normalized spacial score (nSPS) is 11.5. The second-order valence-electron chi connectivity index (χ2n) is 5.39. The minimum Gasteiger partial charge on any atom is -0.252 e. The van der Waals surface area contributed by atoms with Crippen molar-refractivity contribution in [2.24, 2.45) is 0 Å². The molecule has 0 amide bonds. The molecule has 3 aromatic heterocycles. The molecule has 4 heteroatoms. The first-order valence-electron chi connectivity index (χ1n) is 7.38. The lowest BCUT2D eigenvalue weighted by Gasteiger charge is -2.04. The molecule has 0 saturated heterocycles. The zero-order chi connectivity index (χ0) is 15.2. The number of nitrogens with zero attached hydrogens (tertiary/aromatic N) is 3. The molecule has 0 unspecified atom stereocenters. The van der Waals surface area contributed by atoms with Gasteiger partial charge in [0.2, 0.25) is 0 Å². The topological polar surface area (TPSA) is 38.7 Å². The van der Waals surface area contributed by atoms with Crippen LogP contribution in [-0.2, 0) is 0 Å². The van der Waals surface area contributed by atoms with Crippen LogP contribution in [0.15, 0.2) is 67.0 Å². The Labute approximate surface area is 136 Å². The monoisotopic (exact) mass is 313 g/mol. The molecule has 0 bridgehead atoms. The van der Waals surface area contributed by atoms with Gasteiger partial charge in [0.05, 0.1) is 10.2 Å². The quantitative estimate of drug-likeness (QED) is 0.434. The minimum absolute atomic E-state index is 0.679. The Balaban J connectivity index is 1.84. The van der Waals surface area contributed by atoms with Gasteiger partial charge in [-0.15, -0.1) is 11.3 Å². The average Bonchev–Trinajstić information content (AvgIpc) is 2.99. The maximum atomic E-state index is 4.82. The van der Waals surface area contributed by atoms with Crippen LogP contribution in [0.25, 0.3) is 42.6 Å². The SMILES string of the molecule is c1ccc2c(-c3ncc4sc5ccccc5c4n3)nccc2c1. The molecule has 2 aromatic carbocycles. The van der Waals surface area contributed by atoms with E-state index in [0.29, 0.717) is 5.82 Å². The predicted molar refractivity (Wildman–Crippen MR) is 95.7 cm³/mol. The minimum atomic E-state index is 0.679. The summed E-state index contributed by atoms with van der Waals surface area (Å²) in [6.07, 6.45) is 3.72. The van der Waals surface area contributed by atoms with Crippen LogP contribution in [0.5, 0.6) is 0 Å². The number of aromatic nitrogens is 3. The van der Waals surface area contributed by atoms with Crippen LogP contribution in [-0.4, -0.2) is 15.0 Å². The van der Waals surface area contributed by atoms with Crippen LogP contribution in [0.1, 0.15) is 0 Å². The first kappa shape index (κ1) is 12.7. The van der Waals surface area contributed by atoms with Gasteiger partial charge in [0.1, 0.15) is 5.69 Å². The Morgan fingerprint density at radius 1 is 0.739 bits per heavy atom. The summed E-state index contributed by atoms with van der Waals surface area (Å²) in [7, 11) is 0. The van der Waals surface area contributed by atoms with Crippen LogP contribution in [0, 0.1) is 0 Å². The molecule has 108 valence electrons. The number of pyridine rings is 1. The van der Waals surface area contributed by atoms with Crippen molar-refractivity contribution in [2.45, 2.75) is 0 Å². The zero-order valence-corrected chi connectivity index (χ0v) is 12.9. The predicted octanol–water partition coefficient (Wildman–Crippen LogP) is 5.06. The van der Waals surface area contributed by atoms with Crippen molar-refractivity contribution in [3.05, 3.63) is 67.0 Å². The van der Waals surface area contributed by atoms with Gasteiger partial charge in [0.15, 0.2) is 5.82 Å². The highest BCUT2D eigenvalue weighted by Gasteiger charge is 2.12. The van der Waals surface area contributed by atoms with Gasteiger partial charge in [0, 0.05) is 27.9 Å². The molecular weight excluding hydrogens is 302 g/mol. The summed E-state index contributed by atoms with van der Waals surface area (Å²) < 4.78 is 2.34. The van der Waals surface area contributed by atoms with E-state index in [1.807, 2.05) is 36.7 Å². The third kappa shape index (κ3) is 1.92. The van der Waals surface area contributed by atoms with E-state index in [4.69, 9.17) is 4.98 Å². The highest BCUT2D eigenvalue weighted by Crippen LogP contribution is 2.33. The number of fused-ring (bicyclic) bond motifs is 4. The number of hydrogen-bond donors (Lipinski definition) is 0. The Kier molecular flexibility index (Phi) is 2.66. The molecule has 0 radical (unpaired) electrons. The summed E-state index contributed by atoms with van der Waals surface area (Å²) in [6, 6.07) is 18.5. The molecule has 0 aliphatic heterocycles. The van der Waals surface area contributed by atoms with Gasteiger partial charge in [-0.25, -0.2) is 9.97 Å². The lowest BCUT2D eigenvalue weighted by molar-refractivity contribution is 1.20. The number of hydrogen-bond acceptors (Lipinski definition) is 4. The highest BCUT2D eigenvalue weighted by atomic mass is 32.1. The van der Waals surface area contributed by atoms with Crippen molar-refractivity contribution in [3.8, 4) is 11.5 Å². The van der Waals surface area contributed by atoms with Gasteiger partial charge >= 0.3 is 0 Å². The van der Waals surface area contributed by atoms with Gasteiger partial charge in [-0.2, -0.15) is 0 Å². The van der Waals surface area contributed by atoms with Crippen LogP contribution in [0.2, 0.25) is 0 Å². The van der Waals surface area contributed by atoms with Crippen molar-refractivity contribution >= 4 is 42.4 Å². The van der Waals surface area contributed by atoms with E-state index in [2.05, 4.69) is 40.3 Å². The van der Waals surface area contributed by atoms with Crippen LogP contribution in [0.3, 0.4) is 0 Å². The molecule has 0 aliphatic carbocycles. The fourth-order valence-electron chi connectivity index (χ4n) is 2.92. The average molecular weight is 313 g/mol. The Bertz CT molecular complexity index is 1170. The maximum Gasteiger partial charge on any atom is 0.179 e. The number of rotatable bonds is 1. The van der Waals surface area contributed by atoms with E-state index >= 15 is 0 Å². The third-order valence-corrected chi connectivity index (χ3v) is 5.10. The van der Waals surface area contributed by atoms with Crippen molar-refractivity contribution in [2.75, 3.05) is 0 Å². The first-order chi connectivity index (χ1) is 11.4. The van der Waals surface area contributed by atoms with Gasteiger partial charge in [-0.1, -0.05) is 42.5 Å². The summed E-state index contributed by atoms with van der Waals surface area (Å²) >= 11 is 1.72. The van der Waals surface area contributed by atoms with Gasteiger partial charge in [-0.3, -0.25) is 4.98 Å². The van der Waals surface area contributed by atoms with E-state index in [1.54, 1.807) is 11.3 Å². The summed E-state index contributed by atoms with van der Waals surface area (Å²) in [5.41, 5.74) is 1.84. The molecule has 0 aliphatic rings. The fourth-order valence-corrected chi connectivity index (χ4v) is 3.94. The van der Waals surface area contributed by atoms with Gasteiger partial charge in [0.25, 0.3) is 0 Å². The fraction of sp³-hybridized carbons (Fsp3) is 0. The van der Waals surface area contributed by atoms with Crippen molar-refractivity contribution in [1.29, 1.82) is 0 Å². The Morgan fingerprint density at radius 2 is 1.57 bits per heavy atom. The second kappa shape index (κ2) is 4.83. The van der Waals surface area contributed by atoms with Crippen LogP contribution < -0.4 is 0 Å². The van der Waals surface area contributed by atoms with Crippen molar-refractivity contribution < 1.29 is 0 Å². The molecule has 0 fully saturated rings. The lowest BCUT2D eigenvalue weighted by Crippen LogP contribution is -1.92. The molecule has 0 atom stereocenters. The molecule has 0 N–H and O–H groups in total. The van der Waals surface area contributed by atoms with E-state index in [9.17, 15) is 0 Å². The summed E-state index contributed by atoms with van der Waals surface area (Å²) in [4.78, 5) is 13.9. The molecule has 3 nitrogen and oxygen atoms in total. The summed E-state index contributed by atoms with van der Waals surface area (Å²) in [6.45, 7) is 0. The van der Waals surface area contributed by atoms with E-state index in [1.165, 1.54) is 10.1 Å². The highest BCUT2D eigenvalue weighted by molar-refractivity contribution is 7.25. The van der Waals surface area contributed by atoms with Crippen molar-refractivity contribution in [3.63, 3.8) is 0 Å². The standard InChI is InChI=1S/C19H11N3S/c1-2-6-13-12(5-1)9-10-20-18(13)19-21-11-16-17(22-19)14-7-3-4-8-15(14)23-16/h1-11H.